The summed E-state index contributed by atoms with van der Waals surface area (Å²) in [6, 6.07) is 0. The van der Waals surface area contributed by atoms with Crippen LogP contribution in [0.2, 0.25) is 0 Å². The largest absolute Gasteiger partial charge is 0.374 e. The minimum atomic E-state index is -0.109. The highest BCUT2D eigenvalue weighted by Crippen LogP contribution is 2.20. The molecule has 0 N–H and O–H groups in total. The Morgan fingerprint density at radius 3 is 2.75 bits per heavy atom. The molecule has 1 unspecified atom stereocenters. The van der Waals surface area contributed by atoms with E-state index in [1.54, 1.807) is 4.68 Å². The smallest absolute Gasteiger partial charge is 0.100 e. The van der Waals surface area contributed by atoms with Gasteiger partial charge in [0.05, 0.1) is 30.3 Å². The van der Waals surface area contributed by atoms with Crippen LogP contribution in [0.25, 0.3) is 0 Å². The highest BCUT2D eigenvalue weighted by molar-refractivity contribution is 6.20. The van der Waals surface area contributed by atoms with Crippen molar-refractivity contribution in [1.82, 2.24) is 15.0 Å². The van der Waals surface area contributed by atoms with Gasteiger partial charge >= 0.3 is 0 Å². The zero-order valence-corrected chi connectivity index (χ0v) is 11.2. The summed E-state index contributed by atoms with van der Waals surface area (Å²) in [7, 11) is 0. The molecule has 16 heavy (non-hydrogen) atoms. The lowest BCUT2D eigenvalue weighted by Gasteiger charge is -2.19. The van der Waals surface area contributed by atoms with Gasteiger partial charge in [-0.3, -0.25) is 0 Å². The maximum absolute atomic E-state index is 6.06. The van der Waals surface area contributed by atoms with E-state index < -0.39 is 0 Å². The lowest BCUT2D eigenvalue weighted by atomic mass is 10.2. The number of nitrogens with zero attached hydrogens (tertiary/aromatic N) is 3. The minimum absolute atomic E-state index is 0.0442. The molecule has 0 saturated heterocycles. The fourth-order valence-electron chi connectivity index (χ4n) is 1.22. The van der Waals surface area contributed by atoms with Gasteiger partial charge in [-0.05, 0) is 27.2 Å². The average molecular weight is 246 g/mol. The van der Waals surface area contributed by atoms with Gasteiger partial charge in [0.2, 0.25) is 0 Å². The summed E-state index contributed by atoms with van der Waals surface area (Å²) in [5.41, 5.74) is 0.724. The van der Waals surface area contributed by atoms with Crippen molar-refractivity contribution >= 4 is 11.6 Å². The first-order chi connectivity index (χ1) is 7.42. The maximum Gasteiger partial charge on any atom is 0.100 e. The molecule has 0 aliphatic carbocycles. The van der Waals surface area contributed by atoms with Crippen LogP contribution in [0.5, 0.6) is 0 Å². The molecule has 1 heterocycles. The highest BCUT2D eigenvalue weighted by Gasteiger charge is 2.12. The number of hydrogen-bond donors (Lipinski definition) is 0. The minimum Gasteiger partial charge on any atom is -0.374 e. The number of halogens is 1. The molecule has 1 atom stereocenters. The maximum atomic E-state index is 6.06. The van der Waals surface area contributed by atoms with Crippen molar-refractivity contribution in [2.24, 2.45) is 0 Å². The van der Waals surface area contributed by atoms with Crippen molar-refractivity contribution in [3.63, 3.8) is 0 Å². The summed E-state index contributed by atoms with van der Waals surface area (Å²) in [6.07, 6.45) is 2.74. The standard InChI is InChI=1S/C11H20ClN3O/c1-5-9(12)10-8-15(14-13-10)6-7-16-11(2,3)4/h8-9H,5-7H2,1-4H3. The summed E-state index contributed by atoms with van der Waals surface area (Å²) >= 11 is 6.06. The van der Waals surface area contributed by atoms with E-state index in [4.69, 9.17) is 16.3 Å². The van der Waals surface area contributed by atoms with Gasteiger partial charge in [-0.25, -0.2) is 4.68 Å². The van der Waals surface area contributed by atoms with E-state index in [1.807, 2.05) is 33.9 Å². The van der Waals surface area contributed by atoms with Crippen molar-refractivity contribution in [2.45, 2.75) is 51.6 Å². The molecule has 0 radical (unpaired) electrons. The second-order valence-electron chi connectivity index (χ2n) is 4.74. The van der Waals surface area contributed by atoms with Gasteiger partial charge < -0.3 is 4.74 Å². The lowest BCUT2D eigenvalue weighted by Crippen LogP contribution is -2.22. The Balaban J connectivity index is 2.41. The third-order valence-corrected chi connectivity index (χ3v) is 2.62. The van der Waals surface area contributed by atoms with Gasteiger partial charge in [0.1, 0.15) is 5.69 Å². The van der Waals surface area contributed by atoms with Crippen LogP contribution in [0.15, 0.2) is 6.20 Å². The molecule has 0 spiro atoms. The SMILES string of the molecule is CCC(Cl)c1cn(CCOC(C)(C)C)nn1. The third-order valence-electron chi connectivity index (χ3n) is 2.09. The zero-order chi connectivity index (χ0) is 12.2. The molecule has 0 aliphatic heterocycles. The van der Waals surface area contributed by atoms with Crippen LogP contribution in [0.1, 0.15) is 45.2 Å². The summed E-state index contributed by atoms with van der Waals surface area (Å²) in [5.74, 6) is 0. The van der Waals surface area contributed by atoms with Gasteiger partial charge in [0.25, 0.3) is 0 Å². The first-order valence-electron chi connectivity index (χ1n) is 5.60. The topological polar surface area (TPSA) is 39.9 Å². The first kappa shape index (κ1) is 13.5. The van der Waals surface area contributed by atoms with E-state index in [0.717, 1.165) is 12.1 Å². The molecule has 0 aromatic carbocycles. The van der Waals surface area contributed by atoms with Crippen molar-refractivity contribution < 1.29 is 4.74 Å². The molecule has 0 amide bonds. The predicted octanol–water partition coefficient (Wildman–Crippen LogP) is 2.78. The molecule has 1 rings (SSSR count). The predicted molar refractivity (Wildman–Crippen MR) is 64.6 cm³/mol. The Hall–Kier alpha value is -0.610. The zero-order valence-electron chi connectivity index (χ0n) is 10.4. The molecular weight excluding hydrogens is 226 g/mol. The van der Waals surface area contributed by atoms with Gasteiger partial charge in [-0.1, -0.05) is 12.1 Å². The quantitative estimate of drug-likeness (QED) is 0.749. The Morgan fingerprint density at radius 2 is 2.19 bits per heavy atom. The van der Waals surface area contributed by atoms with E-state index in [-0.39, 0.29) is 11.0 Å². The first-order valence-corrected chi connectivity index (χ1v) is 6.04. The summed E-state index contributed by atoms with van der Waals surface area (Å²) < 4.78 is 7.38. The molecule has 4 nitrogen and oxygen atoms in total. The second-order valence-corrected chi connectivity index (χ2v) is 5.27. The van der Waals surface area contributed by atoms with Gasteiger partial charge in [-0.2, -0.15) is 0 Å². The molecule has 0 aliphatic rings. The Kier molecular flexibility index (Phi) is 4.74. The monoisotopic (exact) mass is 245 g/mol. The van der Waals surface area contributed by atoms with Crippen LogP contribution >= 0.6 is 11.6 Å². The van der Waals surface area contributed by atoms with Crippen LogP contribution in [0, 0.1) is 0 Å². The summed E-state index contributed by atoms with van der Waals surface area (Å²) in [6.45, 7) is 9.46. The van der Waals surface area contributed by atoms with Crippen molar-refractivity contribution in [1.29, 1.82) is 0 Å². The molecule has 1 aromatic heterocycles. The average Bonchev–Trinajstić information content (AvgIpc) is 2.63. The Labute approximate surface area is 102 Å². The van der Waals surface area contributed by atoms with E-state index in [9.17, 15) is 0 Å². The van der Waals surface area contributed by atoms with E-state index in [2.05, 4.69) is 10.3 Å². The molecule has 0 fully saturated rings. The molecule has 0 bridgehead atoms. The molecule has 0 saturated carbocycles. The number of rotatable bonds is 5. The normalized spacial score (nSPS) is 14.1. The Morgan fingerprint density at radius 1 is 1.50 bits per heavy atom. The van der Waals surface area contributed by atoms with Crippen LogP contribution < -0.4 is 0 Å². The van der Waals surface area contributed by atoms with E-state index in [0.29, 0.717) is 13.2 Å². The fourth-order valence-corrected chi connectivity index (χ4v) is 1.32. The second kappa shape index (κ2) is 5.64. The summed E-state index contributed by atoms with van der Waals surface area (Å²) in [4.78, 5) is 0. The molecule has 1 aromatic rings. The van der Waals surface area contributed by atoms with Gasteiger partial charge in [0, 0.05) is 0 Å². The molecule has 92 valence electrons. The fraction of sp³-hybridized carbons (Fsp3) is 0.818. The van der Waals surface area contributed by atoms with Crippen LogP contribution in [0.3, 0.4) is 0 Å². The highest BCUT2D eigenvalue weighted by atomic mass is 35.5. The van der Waals surface area contributed by atoms with Gasteiger partial charge in [-0.15, -0.1) is 16.7 Å². The van der Waals surface area contributed by atoms with Crippen molar-refractivity contribution in [3.8, 4) is 0 Å². The number of alkyl halides is 1. The van der Waals surface area contributed by atoms with Crippen LogP contribution in [-0.2, 0) is 11.3 Å². The van der Waals surface area contributed by atoms with E-state index in [1.165, 1.54) is 0 Å². The van der Waals surface area contributed by atoms with Gasteiger partial charge in [0.15, 0.2) is 0 Å². The van der Waals surface area contributed by atoms with Crippen molar-refractivity contribution in [2.75, 3.05) is 6.61 Å². The van der Waals surface area contributed by atoms with Crippen LogP contribution in [-0.4, -0.2) is 27.2 Å². The summed E-state index contributed by atoms with van der Waals surface area (Å²) in [5, 5.41) is 7.99. The third kappa shape index (κ3) is 4.49. The lowest BCUT2D eigenvalue weighted by molar-refractivity contribution is -0.00805. The van der Waals surface area contributed by atoms with Crippen LogP contribution in [0.4, 0.5) is 0 Å². The van der Waals surface area contributed by atoms with E-state index >= 15 is 0 Å². The molecule has 5 heteroatoms. The number of hydrogen-bond acceptors (Lipinski definition) is 3. The molecular formula is C11H20ClN3O. The Bertz CT molecular complexity index is 319. The number of aromatic nitrogens is 3. The number of ether oxygens (including phenoxy) is 1. The van der Waals surface area contributed by atoms with Crippen molar-refractivity contribution in [3.05, 3.63) is 11.9 Å².